The first-order valence-corrected chi connectivity index (χ1v) is 8.57. The van der Waals surface area contributed by atoms with Crippen molar-refractivity contribution in [3.63, 3.8) is 0 Å². The summed E-state index contributed by atoms with van der Waals surface area (Å²) in [5.74, 6) is -6.64. The molecule has 0 bridgehead atoms. The van der Waals surface area contributed by atoms with E-state index in [4.69, 9.17) is 5.26 Å². The Balaban J connectivity index is 2.35. The minimum absolute atomic E-state index is 0.0461. The van der Waals surface area contributed by atoms with Crippen LogP contribution in [-0.4, -0.2) is 34.4 Å². The molecule has 2 aromatic rings. The molecule has 7 nitrogen and oxygen atoms in total. The maximum atomic E-state index is 14.9. The highest BCUT2D eigenvalue weighted by Crippen LogP contribution is 2.24. The molecular weight excluding hydrogens is 427 g/mol. The molecule has 0 aliphatic carbocycles. The number of nitriles is 1. The highest BCUT2D eigenvalue weighted by atomic mass is 19.4. The van der Waals surface area contributed by atoms with Gasteiger partial charge in [-0.3, -0.25) is 14.4 Å². The number of alkyl halides is 3. The zero-order chi connectivity index (χ0) is 23.7. The van der Waals surface area contributed by atoms with E-state index in [1.165, 1.54) is 12.2 Å². The molecule has 1 atom stereocenters. The van der Waals surface area contributed by atoms with Crippen molar-refractivity contribution in [1.82, 2.24) is 9.88 Å². The Morgan fingerprint density at radius 1 is 1.19 bits per heavy atom. The molecule has 164 valence electrons. The van der Waals surface area contributed by atoms with Gasteiger partial charge in [0.15, 0.2) is 5.82 Å². The van der Waals surface area contributed by atoms with Crippen molar-refractivity contribution in [2.75, 3.05) is 5.32 Å². The summed E-state index contributed by atoms with van der Waals surface area (Å²) in [6, 6.07) is 2.23. The summed E-state index contributed by atoms with van der Waals surface area (Å²) < 4.78 is 66.9. The lowest BCUT2D eigenvalue weighted by atomic mass is 10.1. The maximum absolute atomic E-state index is 14.9. The van der Waals surface area contributed by atoms with Crippen LogP contribution in [0.25, 0.3) is 0 Å². The van der Waals surface area contributed by atoms with Crippen molar-refractivity contribution in [2.45, 2.75) is 26.1 Å². The summed E-state index contributed by atoms with van der Waals surface area (Å²) in [5, 5.41) is 12.5. The number of aromatic nitrogens is 1. The van der Waals surface area contributed by atoms with Crippen LogP contribution in [0.5, 0.6) is 0 Å². The number of ketones is 1. The van der Waals surface area contributed by atoms with E-state index in [1.54, 1.807) is 6.07 Å². The second-order valence-electron chi connectivity index (χ2n) is 6.51. The van der Waals surface area contributed by atoms with Crippen molar-refractivity contribution in [3.8, 4) is 6.07 Å². The van der Waals surface area contributed by atoms with Gasteiger partial charge in [-0.1, -0.05) is 0 Å². The summed E-state index contributed by atoms with van der Waals surface area (Å²) in [5.41, 5.74) is -2.08. The Morgan fingerprint density at radius 3 is 2.35 bits per heavy atom. The van der Waals surface area contributed by atoms with Crippen molar-refractivity contribution < 1.29 is 36.3 Å². The number of halogens is 5. The van der Waals surface area contributed by atoms with Gasteiger partial charge in [-0.25, -0.2) is 8.78 Å². The average Bonchev–Trinajstić information content (AvgIpc) is 2.90. The molecule has 0 aliphatic rings. The van der Waals surface area contributed by atoms with Crippen molar-refractivity contribution in [3.05, 3.63) is 52.3 Å². The van der Waals surface area contributed by atoms with Crippen LogP contribution in [0.2, 0.25) is 0 Å². The van der Waals surface area contributed by atoms with Crippen LogP contribution in [0.3, 0.4) is 0 Å². The molecule has 0 aliphatic heterocycles. The Labute approximate surface area is 172 Å². The molecule has 12 heteroatoms. The van der Waals surface area contributed by atoms with Gasteiger partial charge in [0.1, 0.15) is 23.6 Å². The Morgan fingerprint density at radius 2 is 1.81 bits per heavy atom. The van der Waals surface area contributed by atoms with E-state index in [-0.39, 0.29) is 16.9 Å². The van der Waals surface area contributed by atoms with Gasteiger partial charge < -0.3 is 15.2 Å². The summed E-state index contributed by atoms with van der Waals surface area (Å²) in [4.78, 5) is 36.7. The van der Waals surface area contributed by atoms with E-state index >= 15 is 0 Å². The SMILES string of the molecule is Cc1c(C(=O)Nc2ccc(F)c(C#N)c2)c(F)c(C(=O)C(=O)N[C@@H](C)C(F)(F)F)n1C. The van der Waals surface area contributed by atoms with E-state index in [1.807, 2.05) is 0 Å². The smallest absolute Gasteiger partial charge is 0.342 e. The topological polar surface area (TPSA) is 104 Å². The second-order valence-corrected chi connectivity index (χ2v) is 6.51. The molecule has 31 heavy (non-hydrogen) atoms. The molecule has 0 saturated carbocycles. The van der Waals surface area contributed by atoms with Crippen LogP contribution in [0.1, 0.15) is 39.0 Å². The molecule has 0 radical (unpaired) electrons. The molecule has 2 rings (SSSR count). The van der Waals surface area contributed by atoms with Crippen LogP contribution < -0.4 is 10.6 Å². The van der Waals surface area contributed by atoms with E-state index in [0.29, 0.717) is 6.92 Å². The highest BCUT2D eigenvalue weighted by molar-refractivity contribution is 6.42. The number of anilines is 1. The van der Waals surface area contributed by atoms with Crippen LogP contribution in [0, 0.1) is 29.9 Å². The minimum Gasteiger partial charge on any atom is -0.342 e. The molecular formula is C19H15F5N4O3. The normalized spacial score (nSPS) is 12.1. The second kappa shape index (κ2) is 8.55. The largest absolute Gasteiger partial charge is 0.408 e. The molecule has 0 unspecified atom stereocenters. The third kappa shape index (κ3) is 4.71. The molecule has 0 fully saturated rings. The molecule has 0 saturated heterocycles. The number of rotatable bonds is 5. The number of Topliss-reactive ketones (excluding diaryl/α,β-unsaturated/α-hetero) is 1. The fourth-order valence-electron chi connectivity index (χ4n) is 2.61. The van der Waals surface area contributed by atoms with E-state index in [9.17, 15) is 36.3 Å². The molecule has 2 N–H and O–H groups in total. The number of hydrogen-bond donors (Lipinski definition) is 2. The van der Waals surface area contributed by atoms with Crippen LogP contribution in [-0.2, 0) is 11.8 Å². The van der Waals surface area contributed by atoms with Gasteiger partial charge in [-0.15, -0.1) is 0 Å². The number of amides is 2. The van der Waals surface area contributed by atoms with Crippen molar-refractivity contribution >= 4 is 23.3 Å². The number of nitrogens with zero attached hydrogens (tertiary/aromatic N) is 2. The van der Waals surface area contributed by atoms with Crippen molar-refractivity contribution in [1.29, 1.82) is 5.26 Å². The number of hydrogen-bond acceptors (Lipinski definition) is 4. The quantitative estimate of drug-likeness (QED) is 0.422. The average molecular weight is 442 g/mol. The zero-order valence-electron chi connectivity index (χ0n) is 16.3. The van der Waals surface area contributed by atoms with Crippen LogP contribution in [0.15, 0.2) is 18.2 Å². The third-order valence-corrected chi connectivity index (χ3v) is 4.46. The highest BCUT2D eigenvalue weighted by Gasteiger charge is 2.39. The van der Waals surface area contributed by atoms with Crippen LogP contribution >= 0.6 is 0 Å². The monoisotopic (exact) mass is 442 g/mol. The van der Waals surface area contributed by atoms with E-state index in [0.717, 1.165) is 29.8 Å². The lowest BCUT2D eigenvalue weighted by Crippen LogP contribution is -2.46. The van der Waals surface area contributed by atoms with Gasteiger partial charge in [0.25, 0.3) is 17.6 Å². The standard InChI is InChI=1S/C19H15F5N4O3/c1-8-13(17(30)27-11-4-5-12(20)10(6-11)7-25)14(21)15(28(8)3)16(29)18(31)26-9(2)19(22,23)24/h4-6,9H,1-3H3,(H,26,31)(H,27,30)/t9-/m0/s1. The zero-order valence-corrected chi connectivity index (χ0v) is 16.3. The predicted octanol–water partition coefficient (Wildman–Crippen LogP) is 2.99. The Hall–Kier alpha value is -3.75. The van der Waals surface area contributed by atoms with Crippen LogP contribution in [0.4, 0.5) is 27.6 Å². The van der Waals surface area contributed by atoms with Gasteiger partial charge in [0, 0.05) is 18.4 Å². The maximum Gasteiger partial charge on any atom is 0.408 e. The number of carbonyl (C=O) groups excluding carboxylic acids is 3. The lowest BCUT2D eigenvalue weighted by molar-refractivity contribution is -0.156. The first-order chi connectivity index (χ1) is 14.3. The van der Waals surface area contributed by atoms with Crippen molar-refractivity contribution in [2.24, 2.45) is 7.05 Å². The molecule has 2 amide bonds. The lowest BCUT2D eigenvalue weighted by Gasteiger charge is -2.16. The Kier molecular flexibility index (Phi) is 6.49. The molecule has 1 heterocycles. The number of benzene rings is 1. The molecule has 1 aromatic heterocycles. The fraction of sp³-hybridized carbons (Fsp3) is 0.263. The predicted molar refractivity (Wildman–Crippen MR) is 97.2 cm³/mol. The van der Waals surface area contributed by atoms with Gasteiger partial charge >= 0.3 is 6.18 Å². The number of nitrogens with one attached hydrogen (secondary N) is 2. The minimum atomic E-state index is -4.82. The number of carbonyl (C=O) groups is 3. The molecule has 0 spiro atoms. The van der Waals surface area contributed by atoms with Gasteiger partial charge in [0.05, 0.1) is 11.1 Å². The molecule has 1 aromatic carbocycles. The first-order valence-electron chi connectivity index (χ1n) is 8.57. The first kappa shape index (κ1) is 23.5. The van der Waals surface area contributed by atoms with Gasteiger partial charge in [0.2, 0.25) is 0 Å². The van der Waals surface area contributed by atoms with E-state index < -0.39 is 52.7 Å². The fourth-order valence-corrected chi connectivity index (χ4v) is 2.61. The van der Waals surface area contributed by atoms with Gasteiger partial charge in [-0.05, 0) is 32.0 Å². The summed E-state index contributed by atoms with van der Waals surface area (Å²) >= 11 is 0. The summed E-state index contributed by atoms with van der Waals surface area (Å²) in [6.07, 6.45) is -4.82. The third-order valence-electron chi connectivity index (χ3n) is 4.46. The summed E-state index contributed by atoms with van der Waals surface area (Å²) in [6.45, 7) is 1.85. The summed E-state index contributed by atoms with van der Waals surface area (Å²) in [7, 11) is 1.15. The van der Waals surface area contributed by atoms with E-state index in [2.05, 4.69) is 5.32 Å². The Bertz CT molecular complexity index is 1120. The van der Waals surface area contributed by atoms with Gasteiger partial charge in [-0.2, -0.15) is 18.4 Å².